The third-order valence-electron chi connectivity index (χ3n) is 16.2. The minimum atomic E-state index is 1.14. The molecule has 0 aliphatic heterocycles. The highest BCUT2D eigenvalue weighted by Crippen LogP contribution is 2.41. The maximum Gasteiger partial charge on any atom is 0.0541 e. The van der Waals surface area contributed by atoms with Gasteiger partial charge in [-0.3, -0.25) is 0 Å². The van der Waals surface area contributed by atoms with Crippen molar-refractivity contribution in [3.05, 3.63) is 315 Å². The Kier molecular flexibility index (Phi) is 11.6. The normalized spacial score (nSPS) is 11.5. The Morgan fingerprint density at radius 3 is 0.950 bits per heavy atom. The van der Waals surface area contributed by atoms with E-state index >= 15 is 0 Å². The van der Waals surface area contributed by atoms with Crippen LogP contribution in [-0.2, 0) is 0 Å². The van der Waals surface area contributed by atoms with Crippen LogP contribution in [0.3, 0.4) is 0 Å². The van der Waals surface area contributed by atoms with Crippen molar-refractivity contribution in [2.24, 2.45) is 0 Å². The first-order valence-corrected chi connectivity index (χ1v) is 27.5. The van der Waals surface area contributed by atoms with Crippen LogP contribution < -0.4 is 0 Å². The topological polar surface area (TPSA) is 9.86 Å². The summed E-state index contributed by atoms with van der Waals surface area (Å²) in [6, 6.07) is 115. The summed E-state index contributed by atoms with van der Waals surface area (Å²) >= 11 is 0. The van der Waals surface area contributed by atoms with E-state index in [0.29, 0.717) is 0 Å². The van der Waals surface area contributed by atoms with Crippen LogP contribution in [0.25, 0.3) is 144 Å². The molecular weight excluding hydrogens is 965 g/mol. The van der Waals surface area contributed by atoms with Crippen molar-refractivity contribution in [2.75, 3.05) is 0 Å². The molecule has 13 aromatic carbocycles. The highest BCUT2D eigenvalue weighted by atomic mass is 15.0. The van der Waals surface area contributed by atoms with Gasteiger partial charge in [-0.05, 0) is 156 Å². The van der Waals surface area contributed by atoms with Crippen molar-refractivity contribution in [3.8, 4) is 100 Å². The van der Waals surface area contributed by atoms with E-state index in [1.807, 2.05) is 0 Å². The highest BCUT2D eigenvalue weighted by molar-refractivity contribution is 6.13. The van der Waals surface area contributed by atoms with Crippen molar-refractivity contribution in [3.63, 3.8) is 0 Å². The molecule has 0 fully saturated rings. The molecule has 2 heterocycles. The summed E-state index contributed by atoms with van der Waals surface area (Å²) in [7, 11) is 0. The van der Waals surface area contributed by atoms with Gasteiger partial charge >= 0.3 is 0 Å². The van der Waals surface area contributed by atoms with Crippen LogP contribution in [0.15, 0.2) is 315 Å². The molecule has 80 heavy (non-hydrogen) atoms. The van der Waals surface area contributed by atoms with Crippen LogP contribution in [-0.4, -0.2) is 9.13 Å². The lowest BCUT2D eigenvalue weighted by Crippen LogP contribution is -1.97. The van der Waals surface area contributed by atoms with E-state index in [2.05, 4.69) is 325 Å². The Bertz CT molecular complexity index is 4770. The van der Waals surface area contributed by atoms with Gasteiger partial charge in [-0.25, -0.2) is 0 Å². The van der Waals surface area contributed by atoms with Gasteiger partial charge in [0.1, 0.15) is 0 Å². The van der Waals surface area contributed by atoms with Crippen LogP contribution in [0.5, 0.6) is 0 Å². The molecule has 0 aliphatic rings. The lowest BCUT2D eigenvalue weighted by Gasteiger charge is -2.14. The van der Waals surface area contributed by atoms with E-state index in [0.717, 1.165) is 5.69 Å². The van der Waals surface area contributed by atoms with Crippen molar-refractivity contribution in [2.45, 2.75) is 0 Å². The third kappa shape index (κ3) is 8.39. The standard InChI is InChI=1S/C78H52N2/c1-3-16-53(17-4-1)60-20-13-21-61(48-60)57-36-38-58(39-37-57)63-23-15-25-65(50-63)64-24-14-22-62(49-64)56-34-32-54(33-35-56)55-40-44-68(45-41-55)79-75-30-11-8-27-70(75)72-51-66(42-46-77(72)79)67-43-47-78-73(52-67)71-28-9-12-31-76(71)80(78)74-29-10-7-26-69(74)59-18-5-2-6-19-59/h1-52H. The van der Waals surface area contributed by atoms with Gasteiger partial charge < -0.3 is 9.13 Å². The monoisotopic (exact) mass is 1020 g/mol. The number of nitrogens with zero attached hydrogens (tertiary/aromatic N) is 2. The largest absolute Gasteiger partial charge is 0.309 e. The number of para-hydroxylation sites is 3. The molecule has 2 heteroatoms. The molecule has 0 radical (unpaired) electrons. The summed E-state index contributed by atoms with van der Waals surface area (Å²) in [5.74, 6) is 0. The van der Waals surface area contributed by atoms with Crippen LogP contribution in [0, 0.1) is 0 Å². The van der Waals surface area contributed by atoms with Gasteiger partial charge in [0.25, 0.3) is 0 Å². The van der Waals surface area contributed by atoms with Gasteiger partial charge in [-0.2, -0.15) is 0 Å². The molecule has 15 rings (SSSR count). The van der Waals surface area contributed by atoms with Crippen LogP contribution >= 0.6 is 0 Å². The number of fused-ring (bicyclic) bond motifs is 6. The second-order valence-electron chi connectivity index (χ2n) is 20.9. The lowest BCUT2D eigenvalue weighted by molar-refractivity contribution is 1.18. The molecule has 0 saturated carbocycles. The Morgan fingerprint density at radius 2 is 0.463 bits per heavy atom. The summed E-state index contributed by atoms with van der Waals surface area (Å²) in [6.07, 6.45) is 0. The zero-order chi connectivity index (χ0) is 52.9. The number of aromatic nitrogens is 2. The van der Waals surface area contributed by atoms with Gasteiger partial charge in [0.15, 0.2) is 0 Å². The van der Waals surface area contributed by atoms with Gasteiger partial charge in [0, 0.05) is 32.8 Å². The fourth-order valence-electron chi connectivity index (χ4n) is 12.2. The Hall–Kier alpha value is -10.5. The minimum Gasteiger partial charge on any atom is -0.309 e. The zero-order valence-corrected chi connectivity index (χ0v) is 43.9. The second-order valence-corrected chi connectivity index (χ2v) is 20.9. The molecule has 0 N–H and O–H groups in total. The molecule has 0 saturated heterocycles. The van der Waals surface area contributed by atoms with E-state index < -0.39 is 0 Å². The Labute approximate surface area is 466 Å². The van der Waals surface area contributed by atoms with Crippen LogP contribution in [0.1, 0.15) is 0 Å². The average Bonchev–Trinajstić information content (AvgIpc) is 4.16. The number of hydrogen-bond donors (Lipinski definition) is 0. The Morgan fingerprint density at radius 1 is 0.163 bits per heavy atom. The van der Waals surface area contributed by atoms with Crippen molar-refractivity contribution in [1.82, 2.24) is 9.13 Å². The first-order chi connectivity index (χ1) is 39.6. The third-order valence-corrected chi connectivity index (χ3v) is 16.2. The molecule has 374 valence electrons. The van der Waals surface area contributed by atoms with Crippen molar-refractivity contribution in [1.29, 1.82) is 0 Å². The zero-order valence-electron chi connectivity index (χ0n) is 43.9. The molecule has 2 aromatic heterocycles. The van der Waals surface area contributed by atoms with Gasteiger partial charge in [0.05, 0.1) is 27.8 Å². The molecule has 0 amide bonds. The van der Waals surface area contributed by atoms with E-state index in [1.165, 1.54) is 138 Å². The number of rotatable bonds is 10. The summed E-state index contributed by atoms with van der Waals surface area (Å²) in [4.78, 5) is 0. The van der Waals surface area contributed by atoms with Crippen molar-refractivity contribution >= 4 is 43.6 Å². The number of benzene rings is 13. The number of hydrogen-bond acceptors (Lipinski definition) is 0. The summed E-state index contributed by atoms with van der Waals surface area (Å²) in [5, 5.41) is 4.96. The maximum absolute atomic E-state index is 2.43. The smallest absolute Gasteiger partial charge is 0.0541 e. The van der Waals surface area contributed by atoms with E-state index in [9.17, 15) is 0 Å². The molecule has 0 spiro atoms. The first kappa shape index (κ1) is 46.7. The Balaban J connectivity index is 0.686. The van der Waals surface area contributed by atoms with Crippen molar-refractivity contribution < 1.29 is 0 Å². The second kappa shape index (κ2) is 19.8. The predicted octanol–water partition coefficient (Wildman–Crippen LogP) is 21.2. The molecule has 0 unspecified atom stereocenters. The summed E-state index contributed by atoms with van der Waals surface area (Å²) in [5.41, 5.74) is 26.3. The lowest BCUT2D eigenvalue weighted by atomic mass is 9.94. The molecule has 15 aromatic rings. The minimum absolute atomic E-state index is 1.14. The van der Waals surface area contributed by atoms with Gasteiger partial charge in [0.2, 0.25) is 0 Å². The fraction of sp³-hybridized carbons (Fsp3) is 0. The first-order valence-electron chi connectivity index (χ1n) is 27.5. The van der Waals surface area contributed by atoms with Gasteiger partial charge in [-0.15, -0.1) is 0 Å². The molecule has 0 aliphatic carbocycles. The summed E-state index contributed by atoms with van der Waals surface area (Å²) < 4.78 is 4.84. The van der Waals surface area contributed by atoms with E-state index in [1.54, 1.807) is 0 Å². The predicted molar refractivity (Wildman–Crippen MR) is 339 cm³/mol. The van der Waals surface area contributed by atoms with E-state index in [4.69, 9.17) is 0 Å². The van der Waals surface area contributed by atoms with E-state index in [-0.39, 0.29) is 0 Å². The molecule has 2 nitrogen and oxygen atoms in total. The summed E-state index contributed by atoms with van der Waals surface area (Å²) in [6.45, 7) is 0. The highest BCUT2D eigenvalue weighted by Gasteiger charge is 2.18. The molecule has 0 bridgehead atoms. The van der Waals surface area contributed by atoms with Gasteiger partial charge in [-0.1, -0.05) is 243 Å². The molecule has 0 atom stereocenters. The molecular formula is C78H52N2. The quantitative estimate of drug-likeness (QED) is 0.129. The maximum atomic E-state index is 2.43. The average molecular weight is 1020 g/mol. The SMILES string of the molecule is c1ccc(-c2cccc(-c3ccc(-c4cccc(-c5cccc(-c6ccc(-c7ccc(-n8c9ccccc9c9cc(-c%10ccc%11c(c%10)c%10ccccc%10n%11-c%10ccccc%10-c%10ccccc%10)ccc98)cc7)cc6)c5)c4)cc3)c2)cc1. The van der Waals surface area contributed by atoms with Crippen LogP contribution in [0.4, 0.5) is 0 Å². The van der Waals surface area contributed by atoms with Crippen LogP contribution in [0.2, 0.25) is 0 Å². The fourth-order valence-corrected chi connectivity index (χ4v) is 12.2.